The predicted molar refractivity (Wildman–Crippen MR) is 92.6 cm³/mol. The fourth-order valence-corrected chi connectivity index (χ4v) is 2.36. The van der Waals surface area contributed by atoms with Crippen molar-refractivity contribution in [3.05, 3.63) is 71.3 Å². The van der Waals surface area contributed by atoms with Gasteiger partial charge in [-0.1, -0.05) is 54.1 Å². The molecule has 0 amide bonds. The fourth-order valence-electron chi connectivity index (χ4n) is 2.36. The minimum atomic E-state index is -0.282. The molecule has 0 saturated heterocycles. The zero-order chi connectivity index (χ0) is 16.7. The van der Waals surface area contributed by atoms with Crippen LogP contribution in [-0.4, -0.2) is 20.2 Å². The van der Waals surface area contributed by atoms with Gasteiger partial charge in [-0.3, -0.25) is 4.79 Å². The molecular weight excluding hydrogens is 288 g/mol. The first-order valence-electron chi connectivity index (χ1n) is 7.59. The summed E-state index contributed by atoms with van der Waals surface area (Å²) in [5.74, 6) is 0.331. The van der Waals surface area contributed by atoms with Gasteiger partial charge < -0.3 is 9.47 Å². The first-order chi connectivity index (χ1) is 11.1. The van der Waals surface area contributed by atoms with Gasteiger partial charge in [-0.15, -0.1) is 0 Å². The van der Waals surface area contributed by atoms with Gasteiger partial charge in [0.2, 0.25) is 0 Å². The van der Waals surface area contributed by atoms with E-state index in [1.54, 1.807) is 7.11 Å². The molecule has 0 fully saturated rings. The van der Waals surface area contributed by atoms with Gasteiger partial charge in [0.15, 0.2) is 0 Å². The molecule has 0 saturated carbocycles. The molecule has 23 heavy (non-hydrogen) atoms. The van der Waals surface area contributed by atoms with Crippen molar-refractivity contribution in [2.24, 2.45) is 0 Å². The summed E-state index contributed by atoms with van der Waals surface area (Å²) in [7, 11) is 3.07. The second-order valence-corrected chi connectivity index (χ2v) is 5.40. The number of ether oxygens (including phenoxy) is 2. The summed E-state index contributed by atoms with van der Waals surface area (Å²) >= 11 is 0. The van der Waals surface area contributed by atoms with Gasteiger partial charge in [-0.25, -0.2) is 0 Å². The molecule has 120 valence electrons. The summed E-state index contributed by atoms with van der Waals surface area (Å²) in [6.07, 6.45) is 4.61. The fraction of sp³-hybridized carbons (Fsp3) is 0.250. The Morgan fingerprint density at radius 3 is 2.26 bits per heavy atom. The van der Waals surface area contributed by atoms with E-state index in [0.29, 0.717) is 6.42 Å². The first kappa shape index (κ1) is 16.8. The third kappa shape index (κ3) is 4.71. The predicted octanol–water partition coefficient (Wildman–Crippen LogP) is 4.36. The zero-order valence-electron chi connectivity index (χ0n) is 13.8. The maximum atomic E-state index is 12.1. The summed E-state index contributed by atoms with van der Waals surface area (Å²) in [5, 5.41) is 0. The van der Waals surface area contributed by atoms with Crippen LogP contribution < -0.4 is 4.74 Å². The molecule has 0 aromatic heterocycles. The Kier molecular flexibility index (Phi) is 5.98. The van der Waals surface area contributed by atoms with Gasteiger partial charge >= 0.3 is 5.97 Å². The van der Waals surface area contributed by atoms with Crippen LogP contribution in [0.5, 0.6) is 5.75 Å². The molecule has 2 rings (SSSR count). The molecule has 0 bridgehead atoms. The number of carbonyl (C=O) groups is 1. The Morgan fingerprint density at radius 1 is 1.04 bits per heavy atom. The third-order valence-electron chi connectivity index (χ3n) is 3.76. The first-order valence-corrected chi connectivity index (χ1v) is 7.59. The topological polar surface area (TPSA) is 35.5 Å². The third-order valence-corrected chi connectivity index (χ3v) is 3.76. The largest absolute Gasteiger partial charge is 0.497 e. The van der Waals surface area contributed by atoms with Crippen LogP contribution in [-0.2, 0) is 9.53 Å². The van der Waals surface area contributed by atoms with Gasteiger partial charge in [0.05, 0.1) is 20.1 Å². The van der Waals surface area contributed by atoms with E-state index in [9.17, 15) is 4.79 Å². The smallest absolute Gasteiger partial charge is 0.313 e. The number of benzene rings is 2. The highest BCUT2D eigenvalue weighted by atomic mass is 16.5. The minimum Gasteiger partial charge on any atom is -0.497 e. The highest BCUT2D eigenvalue weighted by Gasteiger charge is 2.19. The van der Waals surface area contributed by atoms with E-state index in [1.807, 2.05) is 67.6 Å². The molecule has 0 unspecified atom stereocenters. The number of methoxy groups -OCH3 is 2. The lowest BCUT2D eigenvalue weighted by Crippen LogP contribution is -2.13. The molecule has 0 radical (unpaired) electrons. The van der Waals surface area contributed by atoms with Crippen molar-refractivity contribution in [3.63, 3.8) is 0 Å². The number of carbonyl (C=O) groups excluding carboxylic acids is 1. The van der Waals surface area contributed by atoms with Gasteiger partial charge in [-0.2, -0.15) is 0 Å². The van der Waals surface area contributed by atoms with Crippen molar-refractivity contribution in [1.82, 2.24) is 0 Å². The molecule has 0 aliphatic carbocycles. The number of allylic oxidation sites excluding steroid dienone is 1. The Bertz CT molecular complexity index is 654. The average Bonchev–Trinajstić information content (AvgIpc) is 2.59. The van der Waals surface area contributed by atoms with Crippen molar-refractivity contribution in [1.29, 1.82) is 0 Å². The van der Waals surface area contributed by atoms with E-state index in [4.69, 9.17) is 9.47 Å². The second kappa shape index (κ2) is 8.18. The van der Waals surface area contributed by atoms with E-state index in [-0.39, 0.29) is 11.9 Å². The van der Waals surface area contributed by atoms with Gasteiger partial charge in [0.1, 0.15) is 5.75 Å². The molecule has 3 nitrogen and oxygen atoms in total. The molecule has 0 aliphatic rings. The van der Waals surface area contributed by atoms with Crippen molar-refractivity contribution in [3.8, 4) is 5.75 Å². The lowest BCUT2D eigenvalue weighted by Gasteiger charge is -2.13. The summed E-state index contributed by atoms with van der Waals surface area (Å²) < 4.78 is 10.1. The van der Waals surface area contributed by atoms with E-state index < -0.39 is 0 Å². The second-order valence-electron chi connectivity index (χ2n) is 5.40. The summed E-state index contributed by atoms with van der Waals surface area (Å²) in [6.45, 7) is 2.03. The van der Waals surface area contributed by atoms with Crippen LogP contribution in [0.15, 0.2) is 54.6 Å². The highest BCUT2D eigenvalue weighted by Crippen LogP contribution is 2.23. The Balaban J connectivity index is 2.09. The van der Waals surface area contributed by atoms with E-state index in [1.165, 1.54) is 12.7 Å². The van der Waals surface area contributed by atoms with Crippen molar-refractivity contribution in [2.45, 2.75) is 19.3 Å². The van der Waals surface area contributed by atoms with Crippen LogP contribution in [0.25, 0.3) is 6.08 Å². The number of rotatable bonds is 6. The highest BCUT2D eigenvalue weighted by molar-refractivity contribution is 5.78. The SMILES string of the molecule is COC(=O)[C@@H](C/C=C/c1ccc(OC)cc1)c1ccc(C)cc1. The summed E-state index contributed by atoms with van der Waals surface area (Å²) in [6, 6.07) is 15.8. The van der Waals surface area contributed by atoms with E-state index in [0.717, 1.165) is 16.9 Å². The van der Waals surface area contributed by atoms with Crippen molar-refractivity contribution >= 4 is 12.0 Å². The molecule has 1 atom stereocenters. The maximum absolute atomic E-state index is 12.1. The van der Waals surface area contributed by atoms with Crippen LogP contribution >= 0.6 is 0 Å². The van der Waals surface area contributed by atoms with Gasteiger partial charge in [-0.05, 0) is 36.6 Å². The average molecular weight is 310 g/mol. The molecule has 0 N–H and O–H groups in total. The Labute approximate surface area is 137 Å². The standard InChI is InChI=1S/C20H22O3/c1-15-7-11-17(12-8-15)19(20(21)23-3)6-4-5-16-9-13-18(22-2)14-10-16/h4-5,7-14,19H,6H2,1-3H3/b5-4+/t19-/m0/s1. The van der Waals surface area contributed by atoms with Crippen molar-refractivity contribution in [2.75, 3.05) is 14.2 Å². The Morgan fingerprint density at radius 2 is 1.70 bits per heavy atom. The molecule has 2 aromatic carbocycles. The molecule has 0 spiro atoms. The summed E-state index contributed by atoms with van der Waals surface area (Å²) in [4.78, 5) is 12.1. The van der Waals surface area contributed by atoms with Crippen LogP contribution in [0, 0.1) is 6.92 Å². The number of hydrogen-bond donors (Lipinski definition) is 0. The molecule has 2 aromatic rings. The van der Waals surface area contributed by atoms with Gasteiger partial charge in [0.25, 0.3) is 0 Å². The number of aryl methyl sites for hydroxylation is 1. The molecule has 3 heteroatoms. The normalized spacial score (nSPS) is 12.1. The lowest BCUT2D eigenvalue weighted by molar-refractivity contribution is -0.142. The van der Waals surface area contributed by atoms with Crippen LogP contribution in [0.3, 0.4) is 0 Å². The maximum Gasteiger partial charge on any atom is 0.313 e. The van der Waals surface area contributed by atoms with E-state index >= 15 is 0 Å². The summed E-state index contributed by atoms with van der Waals surface area (Å²) in [5.41, 5.74) is 3.21. The van der Waals surface area contributed by atoms with Crippen LogP contribution in [0.2, 0.25) is 0 Å². The van der Waals surface area contributed by atoms with Crippen LogP contribution in [0.4, 0.5) is 0 Å². The lowest BCUT2D eigenvalue weighted by atomic mass is 9.94. The monoisotopic (exact) mass is 310 g/mol. The zero-order valence-corrected chi connectivity index (χ0v) is 13.8. The van der Waals surface area contributed by atoms with E-state index in [2.05, 4.69) is 0 Å². The molecule has 0 heterocycles. The number of hydrogen-bond acceptors (Lipinski definition) is 3. The van der Waals surface area contributed by atoms with Gasteiger partial charge in [0, 0.05) is 0 Å². The molecule has 0 aliphatic heterocycles. The molecular formula is C20H22O3. The van der Waals surface area contributed by atoms with Crippen LogP contribution in [0.1, 0.15) is 29.0 Å². The minimum absolute atomic E-state index is 0.215. The quantitative estimate of drug-likeness (QED) is 0.744. The Hall–Kier alpha value is -2.55. The number of esters is 1. The van der Waals surface area contributed by atoms with Crippen molar-refractivity contribution < 1.29 is 14.3 Å².